The lowest BCUT2D eigenvalue weighted by Crippen LogP contribution is -2.55. The zero-order valence-corrected chi connectivity index (χ0v) is 31.5. The van der Waals surface area contributed by atoms with Crippen molar-refractivity contribution >= 4 is 23.6 Å². The molecular formula is C37H66N2O6S. The first-order chi connectivity index (χ1) is 22.0. The van der Waals surface area contributed by atoms with Crippen LogP contribution in [0, 0.1) is 6.92 Å². The highest BCUT2D eigenvalue weighted by molar-refractivity contribution is 7.99. The molecule has 0 aromatic heterocycles. The molecular weight excluding hydrogens is 600 g/mol. The lowest BCUT2D eigenvalue weighted by atomic mass is 9.97. The van der Waals surface area contributed by atoms with E-state index in [0.29, 0.717) is 36.7 Å². The molecule has 2 rings (SSSR count). The number of phenolic OH excluding ortho intramolecular Hbond substituents is 1. The van der Waals surface area contributed by atoms with E-state index in [2.05, 4.69) is 50.5 Å². The Hall–Kier alpha value is -2.75. The number of aromatic hydroxyl groups is 1. The molecule has 0 saturated carbocycles. The number of nitrogens with one attached hydrogen (secondary N) is 2. The van der Waals surface area contributed by atoms with Gasteiger partial charge in [-0.1, -0.05) is 92.5 Å². The van der Waals surface area contributed by atoms with Gasteiger partial charge in [0.25, 0.3) is 0 Å². The minimum Gasteiger partial charge on any atom is -0.508 e. The molecule has 5 N–H and O–H groups in total. The maximum Gasteiger partial charge on any atom is 0.245 e. The van der Waals surface area contributed by atoms with Gasteiger partial charge in [0.15, 0.2) is 0 Å². The summed E-state index contributed by atoms with van der Waals surface area (Å²) in [7, 11) is 0. The zero-order valence-electron chi connectivity index (χ0n) is 30.7. The van der Waals surface area contributed by atoms with Gasteiger partial charge in [0.2, 0.25) is 11.8 Å². The van der Waals surface area contributed by atoms with Crippen molar-refractivity contribution in [1.82, 2.24) is 10.6 Å². The highest BCUT2D eigenvalue weighted by Crippen LogP contribution is 2.31. The first-order valence-electron chi connectivity index (χ1n) is 16.9. The Bertz CT molecular complexity index is 1030. The van der Waals surface area contributed by atoms with Gasteiger partial charge in [-0.2, -0.15) is 0 Å². The number of benzene rings is 2. The van der Waals surface area contributed by atoms with Crippen LogP contribution < -0.4 is 15.4 Å². The van der Waals surface area contributed by atoms with Gasteiger partial charge in [-0.25, -0.2) is 0 Å². The molecule has 0 bridgehead atoms. The third kappa shape index (κ3) is 22.7. The highest BCUT2D eigenvalue weighted by Gasteiger charge is 2.28. The predicted octanol–water partition coefficient (Wildman–Crippen LogP) is 7.56. The van der Waals surface area contributed by atoms with Crippen molar-refractivity contribution in [3.05, 3.63) is 58.7 Å². The molecule has 0 atom stereocenters. The standard InChI is InChI=1S/C27H38N2O6S.2C3H8.2C2H6/c1-19-15-22(32)17-24(35-18-36-14-13-31)23(19)16-21-9-7-20(8-10-21)5-4-6-25(33)29-27(2,3)26(34)28-11-12-30;2*1-3-2;2*1-2/h7-10,15,17,30-32H,4-6,11-14,16,18H2,1-3H3,(H,28,34)(H,29,33);2*3H2,1-2H3;2*1-2H3. The average molecular weight is 667 g/mol. The first kappa shape index (κ1) is 47.7. The summed E-state index contributed by atoms with van der Waals surface area (Å²) >= 11 is 1.48. The van der Waals surface area contributed by atoms with E-state index in [0.717, 1.165) is 28.7 Å². The van der Waals surface area contributed by atoms with E-state index in [9.17, 15) is 14.7 Å². The molecule has 266 valence electrons. The zero-order chi connectivity index (χ0) is 36.0. The van der Waals surface area contributed by atoms with Crippen LogP contribution in [0.2, 0.25) is 0 Å². The van der Waals surface area contributed by atoms with E-state index in [4.69, 9.17) is 14.9 Å². The number of phenols is 1. The van der Waals surface area contributed by atoms with Crippen LogP contribution in [-0.2, 0) is 22.4 Å². The summed E-state index contributed by atoms with van der Waals surface area (Å²) < 4.78 is 5.86. The summed E-state index contributed by atoms with van der Waals surface area (Å²) in [6.07, 6.45) is 4.85. The van der Waals surface area contributed by atoms with E-state index in [1.165, 1.54) is 24.6 Å². The topological polar surface area (TPSA) is 128 Å². The van der Waals surface area contributed by atoms with Crippen molar-refractivity contribution in [2.75, 3.05) is 31.5 Å². The average Bonchev–Trinajstić information content (AvgIpc) is 3.03. The quantitative estimate of drug-likeness (QED) is 0.0980. The fourth-order valence-electron chi connectivity index (χ4n) is 3.69. The molecule has 0 radical (unpaired) electrons. The molecule has 0 fully saturated rings. The Morgan fingerprint density at radius 1 is 0.891 bits per heavy atom. The number of aliphatic hydroxyl groups excluding tert-OH is 2. The number of hydrogen-bond donors (Lipinski definition) is 5. The van der Waals surface area contributed by atoms with Crippen LogP contribution in [0.25, 0.3) is 0 Å². The van der Waals surface area contributed by atoms with E-state index in [1.807, 2.05) is 46.8 Å². The Morgan fingerprint density at radius 2 is 1.43 bits per heavy atom. The Kier molecular flexibility index (Phi) is 32.0. The molecule has 0 aliphatic rings. The van der Waals surface area contributed by atoms with Crippen LogP contribution >= 0.6 is 11.8 Å². The number of amides is 2. The van der Waals surface area contributed by atoms with Crippen molar-refractivity contribution < 1.29 is 29.6 Å². The second kappa shape index (κ2) is 30.9. The highest BCUT2D eigenvalue weighted by atomic mass is 32.2. The molecule has 0 unspecified atom stereocenters. The normalized spacial score (nSPS) is 9.85. The van der Waals surface area contributed by atoms with Crippen LogP contribution in [0.1, 0.15) is 117 Å². The minimum absolute atomic E-state index is 0.0948. The van der Waals surface area contributed by atoms with Crippen LogP contribution in [0.5, 0.6) is 11.5 Å². The maximum atomic E-state index is 12.3. The Labute approximate surface area is 285 Å². The second-order valence-corrected chi connectivity index (χ2v) is 11.6. The van der Waals surface area contributed by atoms with Crippen LogP contribution in [-0.4, -0.2) is 64.1 Å². The van der Waals surface area contributed by atoms with Crippen LogP contribution in [0.3, 0.4) is 0 Å². The van der Waals surface area contributed by atoms with E-state index >= 15 is 0 Å². The monoisotopic (exact) mass is 666 g/mol. The second-order valence-electron chi connectivity index (χ2n) is 10.5. The largest absolute Gasteiger partial charge is 0.508 e. The van der Waals surface area contributed by atoms with Crippen molar-refractivity contribution in [2.24, 2.45) is 0 Å². The summed E-state index contributed by atoms with van der Waals surface area (Å²) in [6, 6.07) is 11.6. The SMILES string of the molecule is CC.CC.CCC.CCC.Cc1cc(O)cc(OCSCCO)c1Cc1ccc(CCCC(=O)NC(C)(C)C(=O)NCCO)cc1. The van der Waals surface area contributed by atoms with Gasteiger partial charge in [-0.15, -0.1) is 11.8 Å². The molecule has 0 saturated heterocycles. The number of carbonyl (C=O) groups is 2. The minimum atomic E-state index is -1.04. The molecule has 2 aromatic rings. The molecule has 0 heterocycles. The fourth-order valence-corrected chi connectivity index (χ4v) is 4.15. The lowest BCUT2D eigenvalue weighted by Gasteiger charge is -2.25. The molecule has 9 heteroatoms. The number of aliphatic hydroxyl groups is 2. The van der Waals surface area contributed by atoms with Gasteiger partial charge in [0, 0.05) is 36.8 Å². The predicted molar refractivity (Wildman–Crippen MR) is 197 cm³/mol. The molecule has 0 spiro atoms. The Morgan fingerprint density at radius 3 is 1.96 bits per heavy atom. The molecule has 8 nitrogen and oxygen atoms in total. The van der Waals surface area contributed by atoms with Crippen LogP contribution in [0.15, 0.2) is 36.4 Å². The van der Waals surface area contributed by atoms with Gasteiger partial charge in [0.05, 0.1) is 13.2 Å². The number of hydrogen-bond acceptors (Lipinski definition) is 7. The first-order valence-corrected chi connectivity index (χ1v) is 18.1. The van der Waals surface area contributed by atoms with Crippen molar-refractivity contribution in [3.63, 3.8) is 0 Å². The summed E-state index contributed by atoms with van der Waals surface area (Å²) in [5, 5.41) is 33.1. The molecule has 0 aliphatic carbocycles. The van der Waals surface area contributed by atoms with Gasteiger partial charge in [-0.3, -0.25) is 9.59 Å². The van der Waals surface area contributed by atoms with Gasteiger partial charge >= 0.3 is 0 Å². The van der Waals surface area contributed by atoms with Gasteiger partial charge in [0.1, 0.15) is 23.0 Å². The summed E-state index contributed by atoms with van der Waals surface area (Å²) in [4.78, 5) is 24.4. The van der Waals surface area contributed by atoms with Crippen molar-refractivity contribution in [1.29, 1.82) is 0 Å². The van der Waals surface area contributed by atoms with Crippen LogP contribution in [0.4, 0.5) is 0 Å². The van der Waals surface area contributed by atoms with E-state index in [-0.39, 0.29) is 37.3 Å². The molecule has 0 aliphatic heterocycles. The number of ether oxygens (including phenoxy) is 1. The lowest BCUT2D eigenvalue weighted by molar-refractivity contribution is -0.132. The maximum absolute atomic E-state index is 12.3. The van der Waals surface area contributed by atoms with Gasteiger partial charge in [-0.05, 0) is 56.4 Å². The molecule has 2 aromatic carbocycles. The van der Waals surface area contributed by atoms with E-state index < -0.39 is 5.54 Å². The molecule has 46 heavy (non-hydrogen) atoms. The fraction of sp³-hybridized carbons (Fsp3) is 0.622. The summed E-state index contributed by atoms with van der Waals surface area (Å²) in [6.45, 7) is 21.8. The number of carbonyl (C=O) groups excluding carboxylic acids is 2. The van der Waals surface area contributed by atoms with Crippen molar-refractivity contribution in [2.45, 2.75) is 120 Å². The number of aryl methyl sites for hydroxylation is 2. The number of rotatable bonds is 15. The Balaban J connectivity index is -0.00000165. The third-order valence-electron chi connectivity index (χ3n) is 5.64. The molecule has 2 amide bonds. The number of thioether (sulfide) groups is 1. The summed E-state index contributed by atoms with van der Waals surface area (Å²) in [5.41, 5.74) is 3.13. The van der Waals surface area contributed by atoms with Gasteiger partial charge < -0.3 is 30.7 Å². The summed E-state index contributed by atoms with van der Waals surface area (Å²) in [5.74, 6) is 1.26. The van der Waals surface area contributed by atoms with Crippen molar-refractivity contribution in [3.8, 4) is 11.5 Å². The third-order valence-corrected chi connectivity index (χ3v) is 6.40. The van der Waals surface area contributed by atoms with E-state index in [1.54, 1.807) is 26.0 Å². The smallest absolute Gasteiger partial charge is 0.245 e.